The number of halogens is 3. The highest BCUT2D eigenvalue weighted by molar-refractivity contribution is 6.10. The predicted molar refractivity (Wildman–Crippen MR) is 112 cm³/mol. The molecule has 1 atom stereocenters. The van der Waals surface area contributed by atoms with Gasteiger partial charge in [-0.25, -0.2) is 8.78 Å². The molecule has 1 amide bonds. The fourth-order valence-corrected chi connectivity index (χ4v) is 3.84. The van der Waals surface area contributed by atoms with Gasteiger partial charge in [0.1, 0.15) is 5.82 Å². The minimum Gasteiger partial charge on any atom is -0.493 e. The normalized spacial score (nSPS) is 16.0. The Balaban J connectivity index is 0.00000240. The van der Waals surface area contributed by atoms with Crippen LogP contribution in [0.5, 0.6) is 5.75 Å². The summed E-state index contributed by atoms with van der Waals surface area (Å²) in [6.07, 6.45) is 0.779. The van der Waals surface area contributed by atoms with Crippen LogP contribution in [0.3, 0.4) is 0 Å². The quantitative estimate of drug-likeness (QED) is 0.686. The lowest BCUT2D eigenvalue weighted by atomic mass is 9.94. The van der Waals surface area contributed by atoms with Gasteiger partial charge in [-0.05, 0) is 34.9 Å². The molecule has 1 heterocycles. The molecule has 0 spiro atoms. The second-order valence-corrected chi connectivity index (χ2v) is 6.97. The maximum atomic E-state index is 14.2. The SMILES string of the molecule is COc1c(F)cc(F)cc1-c1cccc2c(C(=O)N3CC[C@H](N)C3)cccc12.Cl. The number of amides is 1. The Hall–Kier alpha value is -2.70. The van der Waals surface area contributed by atoms with E-state index in [9.17, 15) is 13.6 Å². The molecule has 0 bridgehead atoms. The van der Waals surface area contributed by atoms with Gasteiger partial charge in [-0.2, -0.15) is 0 Å². The number of carbonyl (C=O) groups is 1. The third-order valence-corrected chi connectivity index (χ3v) is 5.17. The number of hydrogen-bond donors (Lipinski definition) is 1. The summed E-state index contributed by atoms with van der Waals surface area (Å²) in [6.45, 7) is 1.15. The van der Waals surface area contributed by atoms with E-state index in [1.165, 1.54) is 13.2 Å². The summed E-state index contributed by atoms with van der Waals surface area (Å²) >= 11 is 0. The Labute approximate surface area is 173 Å². The zero-order valence-corrected chi connectivity index (χ0v) is 16.6. The first-order valence-electron chi connectivity index (χ1n) is 9.09. The molecule has 0 saturated carbocycles. The number of nitrogens with two attached hydrogens (primary N) is 1. The van der Waals surface area contributed by atoms with Gasteiger partial charge in [0.2, 0.25) is 0 Å². The molecule has 1 aliphatic rings. The molecule has 1 saturated heterocycles. The molecule has 1 aliphatic heterocycles. The first-order chi connectivity index (χ1) is 13.5. The summed E-state index contributed by atoms with van der Waals surface area (Å²) in [4.78, 5) is 14.8. The smallest absolute Gasteiger partial charge is 0.254 e. The minimum absolute atomic E-state index is 0. The number of rotatable bonds is 3. The number of hydrogen-bond acceptors (Lipinski definition) is 3. The number of carbonyl (C=O) groups excluding carboxylic acids is 1. The third-order valence-electron chi connectivity index (χ3n) is 5.17. The molecule has 3 aromatic carbocycles. The van der Waals surface area contributed by atoms with E-state index in [2.05, 4.69) is 0 Å². The van der Waals surface area contributed by atoms with Crippen LogP contribution in [0.1, 0.15) is 16.8 Å². The van der Waals surface area contributed by atoms with Crippen LogP contribution in [0.25, 0.3) is 21.9 Å². The van der Waals surface area contributed by atoms with Crippen LogP contribution >= 0.6 is 12.4 Å². The third kappa shape index (κ3) is 3.78. The number of ether oxygens (including phenoxy) is 1. The van der Waals surface area contributed by atoms with Crippen molar-refractivity contribution < 1.29 is 18.3 Å². The Bertz CT molecular complexity index is 1070. The van der Waals surface area contributed by atoms with E-state index >= 15 is 0 Å². The largest absolute Gasteiger partial charge is 0.493 e. The van der Waals surface area contributed by atoms with Crippen LogP contribution in [-0.4, -0.2) is 37.0 Å². The van der Waals surface area contributed by atoms with Crippen molar-refractivity contribution in [1.29, 1.82) is 0 Å². The molecular formula is C22H21ClF2N2O2. The van der Waals surface area contributed by atoms with Crippen molar-refractivity contribution >= 4 is 29.1 Å². The first-order valence-corrected chi connectivity index (χ1v) is 9.09. The van der Waals surface area contributed by atoms with E-state index < -0.39 is 11.6 Å². The van der Waals surface area contributed by atoms with E-state index in [1.54, 1.807) is 29.2 Å². The topological polar surface area (TPSA) is 55.6 Å². The Morgan fingerprint density at radius 3 is 2.52 bits per heavy atom. The Morgan fingerprint density at radius 1 is 1.10 bits per heavy atom. The standard InChI is InChI=1S/C22H20F2N2O2.ClH/c1-28-21-19(10-13(23)11-20(21)24)17-6-2-5-16-15(17)4-3-7-18(16)22(27)26-9-8-14(25)12-26;/h2-7,10-11,14H,8-9,12,25H2,1H3;1H/t14-;/m0./s1. The zero-order chi connectivity index (χ0) is 19.8. The van der Waals surface area contributed by atoms with Gasteiger partial charge in [-0.15, -0.1) is 12.4 Å². The van der Waals surface area contributed by atoms with Crippen LogP contribution in [0, 0.1) is 11.6 Å². The summed E-state index contributed by atoms with van der Waals surface area (Å²) in [5.41, 5.74) is 7.38. The first kappa shape index (κ1) is 21.0. The van der Waals surface area contributed by atoms with Gasteiger partial charge in [0.25, 0.3) is 5.91 Å². The fourth-order valence-electron chi connectivity index (χ4n) is 3.84. The van der Waals surface area contributed by atoms with E-state index in [4.69, 9.17) is 10.5 Å². The van der Waals surface area contributed by atoms with Gasteiger partial charge >= 0.3 is 0 Å². The van der Waals surface area contributed by atoms with Crippen molar-refractivity contribution in [2.45, 2.75) is 12.5 Å². The number of fused-ring (bicyclic) bond motifs is 1. The van der Waals surface area contributed by atoms with Crippen molar-refractivity contribution in [3.63, 3.8) is 0 Å². The average molecular weight is 419 g/mol. The molecule has 1 fully saturated rings. The summed E-state index contributed by atoms with van der Waals surface area (Å²) < 4.78 is 33.3. The zero-order valence-electron chi connectivity index (χ0n) is 15.8. The molecule has 4 rings (SSSR count). The molecule has 29 heavy (non-hydrogen) atoms. The van der Waals surface area contributed by atoms with E-state index in [0.717, 1.165) is 23.3 Å². The molecule has 7 heteroatoms. The number of benzene rings is 3. The second-order valence-electron chi connectivity index (χ2n) is 6.97. The molecular weight excluding hydrogens is 398 g/mol. The van der Waals surface area contributed by atoms with E-state index in [0.29, 0.717) is 29.8 Å². The van der Waals surface area contributed by atoms with E-state index in [-0.39, 0.29) is 30.1 Å². The van der Waals surface area contributed by atoms with Gasteiger partial charge in [0.05, 0.1) is 7.11 Å². The number of methoxy groups -OCH3 is 1. The van der Waals surface area contributed by atoms with Crippen LogP contribution in [0.4, 0.5) is 8.78 Å². The van der Waals surface area contributed by atoms with Gasteiger partial charge in [-0.3, -0.25) is 4.79 Å². The van der Waals surface area contributed by atoms with Crippen LogP contribution in [-0.2, 0) is 0 Å². The maximum Gasteiger partial charge on any atom is 0.254 e. The van der Waals surface area contributed by atoms with Crippen molar-refractivity contribution in [3.05, 3.63) is 65.7 Å². The summed E-state index contributed by atoms with van der Waals surface area (Å²) in [5.74, 6) is -1.58. The summed E-state index contributed by atoms with van der Waals surface area (Å²) in [6, 6.07) is 12.8. The molecule has 0 aliphatic carbocycles. The molecule has 4 nitrogen and oxygen atoms in total. The van der Waals surface area contributed by atoms with E-state index in [1.807, 2.05) is 12.1 Å². The molecule has 3 aromatic rings. The lowest BCUT2D eigenvalue weighted by Gasteiger charge is -2.18. The van der Waals surface area contributed by atoms with Crippen LogP contribution in [0.15, 0.2) is 48.5 Å². The highest BCUT2D eigenvalue weighted by atomic mass is 35.5. The van der Waals surface area contributed by atoms with Crippen molar-refractivity contribution in [2.75, 3.05) is 20.2 Å². The molecule has 2 N–H and O–H groups in total. The number of nitrogens with zero attached hydrogens (tertiary/aromatic N) is 1. The predicted octanol–water partition coefficient (Wildman–Crippen LogP) is 4.39. The van der Waals surface area contributed by atoms with Gasteiger partial charge in [0, 0.05) is 36.3 Å². The molecule has 152 valence electrons. The lowest BCUT2D eigenvalue weighted by Crippen LogP contribution is -2.31. The van der Waals surface area contributed by atoms with Gasteiger partial charge in [-0.1, -0.05) is 30.3 Å². The summed E-state index contributed by atoms with van der Waals surface area (Å²) in [7, 11) is 1.34. The highest BCUT2D eigenvalue weighted by Gasteiger charge is 2.26. The Kier molecular flexibility index (Phi) is 6.05. The molecule has 0 unspecified atom stereocenters. The van der Waals surface area contributed by atoms with Crippen molar-refractivity contribution in [1.82, 2.24) is 4.90 Å². The average Bonchev–Trinajstić information content (AvgIpc) is 3.12. The second kappa shape index (κ2) is 8.35. The van der Waals surface area contributed by atoms with Crippen LogP contribution < -0.4 is 10.5 Å². The Morgan fingerprint density at radius 2 is 1.83 bits per heavy atom. The molecule has 0 aromatic heterocycles. The van der Waals surface area contributed by atoms with Crippen LogP contribution in [0.2, 0.25) is 0 Å². The number of likely N-dealkylation sites (tertiary alicyclic amines) is 1. The fraction of sp³-hybridized carbons (Fsp3) is 0.227. The molecule has 0 radical (unpaired) electrons. The van der Waals surface area contributed by atoms with Crippen molar-refractivity contribution in [2.24, 2.45) is 5.73 Å². The minimum atomic E-state index is -0.771. The van der Waals surface area contributed by atoms with Crippen molar-refractivity contribution in [3.8, 4) is 16.9 Å². The maximum absolute atomic E-state index is 14.2. The van der Waals surface area contributed by atoms with Gasteiger partial charge < -0.3 is 15.4 Å². The van der Waals surface area contributed by atoms with Gasteiger partial charge in [0.15, 0.2) is 11.6 Å². The summed E-state index contributed by atoms with van der Waals surface area (Å²) in [5, 5.41) is 1.44. The highest BCUT2D eigenvalue weighted by Crippen LogP contribution is 2.38. The monoisotopic (exact) mass is 418 g/mol. The lowest BCUT2D eigenvalue weighted by molar-refractivity contribution is 0.0793.